The molecule has 0 aliphatic heterocycles. The maximum atomic E-state index is 13.0. The molecule has 1 aromatic carbocycles. The van der Waals surface area contributed by atoms with E-state index in [2.05, 4.69) is 10.6 Å². The molecule has 0 bridgehead atoms. The third-order valence-corrected chi connectivity index (χ3v) is 4.84. The first-order valence-electron chi connectivity index (χ1n) is 10.2. The van der Waals surface area contributed by atoms with E-state index in [-0.39, 0.29) is 11.3 Å². The van der Waals surface area contributed by atoms with Crippen LogP contribution in [0.5, 0.6) is 5.75 Å². The second-order valence-electron chi connectivity index (χ2n) is 9.12. The van der Waals surface area contributed by atoms with Gasteiger partial charge in [-0.3, -0.25) is 4.79 Å². The van der Waals surface area contributed by atoms with Crippen LogP contribution in [0, 0.1) is 0 Å². The second-order valence-corrected chi connectivity index (χ2v) is 10.3. The first-order chi connectivity index (χ1) is 15.0. The lowest BCUT2D eigenvalue weighted by Gasteiger charge is -2.26. The number of hydrogen-bond donors (Lipinski definition) is 2. The summed E-state index contributed by atoms with van der Waals surface area (Å²) in [7, 11) is 1.31. The van der Waals surface area contributed by atoms with E-state index in [0.29, 0.717) is 4.90 Å². The Bertz CT molecular complexity index is 852. The number of alkyl carbamates (subject to hydrolysis) is 1. The zero-order chi connectivity index (χ0) is 25.6. The number of methoxy groups -OCH3 is 1. The van der Waals surface area contributed by atoms with Crippen LogP contribution in [0.2, 0.25) is 0 Å². The molecule has 1 rings (SSSR count). The summed E-state index contributed by atoms with van der Waals surface area (Å²) in [5.74, 6) is -1.32. The van der Waals surface area contributed by atoms with Crippen molar-refractivity contribution in [2.45, 2.75) is 82.4 Å². The Morgan fingerprint density at radius 1 is 0.970 bits per heavy atom. The van der Waals surface area contributed by atoms with Crippen LogP contribution in [-0.2, 0) is 19.1 Å². The first-order valence-corrected chi connectivity index (χ1v) is 11.1. The van der Waals surface area contributed by atoms with Crippen molar-refractivity contribution in [3.8, 4) is 5.75 Å². The Labute approximate surface area is 197 Å². The highest BCUT2D eigenvalue weighted by molar-refractivity contribution is 8.00. The average Bonchev–Trinajstić information content (AvgIpc) is 2.64. The van der Waals surface area contributed by atoms with Gasteiger partial charge >= 0.3 is 12.1 Å². The number of thioether (sulfide) groups is 1. The maximum absolute atomic E-state index is 13.0. The van der Waals surface area contributed by atoms with Crippen LogP contribution in [0.25, 0.3) is 0 Å². The van der Waals surface area contributed by atoms with Crippen LogP contribution < -0.4 is 15.4 Å². The summed E-state index contributed by atoms with van der Waals surface area (Å²) in [6.07, 6.45) is -3.49. The summed E-state index contributed by atoms with van der Waals surface area (Å²) in [6, 6.07) is 2.70. The SMILES string of the molecule is COc1cc(C(F)F)ccc1SC(NC(=O)[C@@H](C)NC(=O)OC(C)(C)C)C(=O)OC(C)(C)C. The van der Waals surface area contributed by atoms with Crippen LogP contribution in [0.15, 0.2) is 23.1 Å². The minimum Gasteiger partial charge on any atom is -0.496 e. The molecule has 0 aliphatic carbocycles. The van der Waals surface area contributed by atoms with Crippen molar-refractivity contribution in [1.29, 1.82) is 0 Å². The Balaban J connectivity index is 3.07. The van der Waals surface area contributed by atoms with Gasteiger partial charge in [-0.15, -0.1) is 0 Å². The summed E-state index contributed by atoms with van der Waals surface area (Å²) in [5.41, 5.74) is -1.84. The molecule has 1 unspecified atom stereocenters. The van der Waals surface area contributed by atoms with Crippen molar-refractivity contribution in [2.75, 3.05) is 7.11 Å². The van der Waals surface area contributed by atoms with Gasteiger partial charge in [-0.2, -0.15) is 0 Å². The van der Waals surface area contributed by atoms with Crippen LogP contribution in [0.1, 0.15) is 60.5 Å². The zero-order valence-electron chi connectivity index (χ0n) is 20.1. The molecule has 0 radical (unpaired) electrons. The van der Waals surface area contributed by atoms with Crippen molar-refractivity contribution in [3.05, 3.63) is 23.8 Å². The number of ether oxygens (including phenoxy) is 3. The largest absolute Gasteiger partial charge is 0.496 e. The molecule has 11 heteroatoms. The van der Waals surface area contributed by atoms with Crippen LogP contribution >= 0.6 is 11.8 Å². The van der Waals surface area contributed by atoms with Gasteiger partial charge in [0.15, 0.2) is 5.37 Å². The van der Waals surface area contributed by atoms with Gasteiger partial charge in [0.1, 0.15) is 23.0 Å². The number of esters is 1. The quantitative estimate of drug-likeness (QED) is 0.316. The molecule has 0 aliphatic rings. The smallest absolute Gasteiger partial charge is 0.408 e. The highest BCUT2D eigenvalue weighted by Crippen LogP contribution is 2.35. The molecule has 186 valence electrons. The molecule has 0 spiro atoms. The third-order valence-electron chi connectivity index (χ3n) is 3.71. The van der Waals surface area contributed by atoms with Gasteiger partial charge in [0.05, 0.1) is 12.0 Å². The van der Waals surface area contributed by atoms with Gasteiger partial charge in [0.25, 0.3) is 6.43 Å². The van der Waals surface area contributed by atoms with E-state index >= 15 is 0 Å². The third kappa shape index (κ3) is 10.3. The highest BCUT2D eigenvalue weighted by Gasteiger charge is 2.31. The molecule has 0 saturated carbocycles. The van der Waals surface area contributed by atoms with Crippen molar-refractivity contribution in [2.24, 2.45) is 0 Å². The standard InChI is InChI=1S/C22H32F2N2O6S/c1-12(25-20(29)32-22(5,6)7)17(27)26-18(19(28)31-21(2,3)4)33-15-10-9-13(16(23)24)11-14(15)30-8/h9-12,16,18H,1-8H3,(H,25,29)(H,26,27)/t12-,18?/m1/s1. The zero-order valence-corrected chi connectivity index (χ0v) is 20.9. The molecule has 2 N–H and O–H groups in total. The molecular formula is C22H32F2N2O6S. The van der Waals surface area contributed by atoms with Gasteiger partial charge in [-0.25, -0.2) is 18.4 Å². The normalized spacial score (nSPS) is 13.7. The molecule has 0 heterocycles. The predicted octanol–water partition coefficient (Wildman–Crippen LogP) is 4.42. The van der Waals surface area contributed by atoms with Crippen LogP contribution in [-0.4, -0.2) is 47.7 Å². The molecule has 8 nitrogen and oxygen atoms in total. The number of nitrogens with one attached hydrogen (secondary N) is 2. The predicted molar refractivity (Wildman–Crippen MR) is 120 cm³/mol. The van der Waals surface area contributed by atoms with Gasteiger partial charge in [-0.1, -0.05) is 17.8 Å². The van der Waals surface area contributed by atoms with E-state index < -0.39 is 47.0 Å². The lowest BCUT2D eigenvalue weighted by molar-refractivity contribution is -0.155. The number of hydrogen-bond acceptors (Lipinski definition) is 7. The molecule has 33 heavy (non-hydrogen) atoms. The minimum atomic E-state index is -2.70. The molecule has 2 amide bonds. The summed E-state index contributed by atoms with van der Waals surface area (Å²) in [4.78, 5) is 37.7. The van der Waals surface area contributed by atoms with E-state index in [1.165, 1.54) is 26.2 Å². The Morgan fingerprint density at radius 3 is 2.03 bits per heavy atom. The first kappa shape index (κ1) is 28.5. The summed E-state index contributed by atoms with van der Waals surface area (Å²) in [5, 5.41) is 3.67. The minimum absolute atomic E-state index is 0.112. The van der Waals surface area contributed by atoms with Gasteiger partial charge in [0.2, 0.25) is 5.91 Å². The monoisotopic (exact) mass is 490 g/mol. The number of carbonyl (C=O) groups is 3. The van der Waals surface area contributed by atoms with Crippen molar-refractivity contribution in [3.63, 3.8) is 0 Å². The van der Waals surface area contributed by atoms with E-state index in [0.717, 1.165) is 17.8 Å². The molecule has 2 atom stereocenters. The fourth-order valence-electron chi connectivity index (χ4n) is 2.34. The fourth-order valence-corrected chi connectivity index (χ4v) is 3.32. The number of halogens is 2. The Hall–Kier alpha value is -2.56. The summed E-state index contributed by atoms with van der Waals surface area (Å²) in [6.45, 7) is 11.5. The van der Waals surface area contributed by atoms with E-state index in [9.17, 15) is 23.2 Å². The number of amides is 2. The van der Waals surface area contributed by atoms with Crippen molar-refractivity contribution < 1.29 is 37.4 Å². The van der Waals surface area contributed by atoms with Gasteiger partial charge in [0, 0.05) is 5.56 Å². The van der Waals surface area contributed by atoms with Gasteiger partial charge in [-0.05, 0) is 60.6 Å². The molecule has 1 aromatic rings. The molecule has 0 fully saturated rings. The summed E-state index contributed by atoms with van der Waals surface area (Å²) >= 11 is 0.863. The Morgan fingerprint density at radius 2 is 1.55 bits per heavy atom. The fraction of sp³-hybridized carbons (Fsp3) is 0.591. The molecular weight excluding hydrogens is 458 g/mol. The van der Waals surface area contributed by atoms with Crippen molar-refractivity contribution >= 4 is 29.7 Å². The Kier molecular flexibility index (Phi) is 9.95. The number of rotatable bonds is 8. The van der Waals surface area contributed by atoms with Crippen LogP contribution in [0.3, 0.4) is 0 Å². The maximum Gasteiger partial charge on any atom is 0.408 e. The highest BCUT2D eigenvalue weighted by atomic mass is 32.2. The second kappa shape index (κ2) is 11.5. The van der Waals surface area contributed by atoms with E-state index in [1.54, 1.807) is 41.5 Å². The van der Waals surface area contributed by atoms with Crippen molar-refractivity contribution in [1.82, 2.24) is 10.6 Å². The topological polar surface area (TPSA) is 103 Å². The number of alkyl halides is 2. The molecule has 0 aromatic heterocycles. The average molecular weight is 491 g/mol. The van der Waals surface area contributed by atoms with E-state index in [1.807, 2.05) is 0 Å². The lowest BCUT2D eigenvalue weighted by Crippen LogP contribution is -2.51. The lowest BCUT2D eigenvalue weighted by atomic mass is 10.2. The number of benzene rings is 1. The summed E-state index contributed by atoms with van der Waals surface area (Å²) < 4.78 is 41.7. The molecule has 0 saturated heterocycles. The van der Waals surface area contributed by atoms with Gasteiger partial charge < -0.3 is 24.8 Å². The number of carbonyl (C=O) groups excluding carboxylic acids is 3. The van der Waals surface area contributed by atoms with Crippen LogP contribution in [0.4, 0.5) is 13.6 Å². The van der Waals surface area contributed by atoms with E-state index in [4.69, 9.17) is 14.2 Å².